The summed E-state index contributed by atoms with van der Waals surface area (Å²) < 4.78 is 28.8. The predicted octanol–water partition coefficient (Wildman–Crippen LogP) is 4.22. The van der Waals surface area contributed by atoms with Gasteiger partial charge in [-0.3, -0.25) is 14.4 Å². The minimum atomic E-state index is -1.07. The van der Waals surface area contributed by atoms with Gasteiger partial charge < -0.3 is 29.4 Å². The second-order valence-electron chi connectivity index (χ2n) is 9.82. The van der Waals surface area contributed by atoms with E-state index in [9.17, 15) is 14.4 Å². The zero-order valence-corrected chi connectivity index (χ0v) is 23.3. The minimum absolute atomic E-state index is 0.0434. The number of ether oxygens (including phenoxy) is 5. The fourth-order valence-corrected chi connectivity index (χ4v) is 4.95. The van der Waals surface area contributed by atoms with Crippen molar-refractivity contribution in [3.63, 3.8) is 0 Å². The molecule has 0 aliphatic carbocycles. The Morgan fingerprint density at radius 3 is 2.31 bits per heavy atom. The lowest BCUT2D eigenvalue weighted by Crippen LogP contribution is -2.61. The van der Waals surface area contributed by atoms with Gasteiger partial charge in [0.2, 0.25) is 0 Å². The van der Waals surface area contributed by atoms with Crippen LogP contribution < -0.4 is 10.5 Å². The van der Waals surface area contributed by atoms with Gasteiger partial charge in [0.15, 0.2) is 12.2 Å². The van der Waals surface area contributed by atoms with Crippen LogP contribution in [-0.2, 0) is 33.3 Å². The Labute approximate surface area is 230 Å². The zero-order valence-electron chi connectivity index (χ0n) is 23.3. The number of benzene rings is 1. The summed E-state index contributed by atoms with van der Waals surface area (Å²) in [6.45, 7) is 12.2. The highest BCUT2D eigenvalue weighted by atomic mass is 16.6. The van der Waals surface area contributed by atoms with Crippen LogP contribution in [0.1, 0.15) is 70.6 Å². The first-order valence-electron chi connectivity index (χ1n) is 13.2. The molecule has 212 valence electrons. The number of rotatable bonds is 9. The number of hydrogen-bond donors (Lipinski definition) is 1. The second kappa shape index (κ2) is 13.6. The van der Waals surface area contributed by atoms with Crippen molar-refractivity contribution in [2.24, 2.45) is 5.73 Å². The second-order valence-corrected chi connectivity index (χ2v) is 9.82. The monoisotopic (exact) mass is 541 g/mol. The Morgan fingerprint density at radius 1 is 1.03 bits per heavy atom. The van der Waals surface area contributed by atoms with Gasteiger partial charge >= 0.3 is 17.9 Å². The van der Waals surface area contributed by atoms with E-state index in [1.165, 1.54) is 26.3 Å². The first kappa shape index (κ1) is 30.1. The van der Waals surface area contributed by atoms with Gasteiger partial charge in [-0.05, 0) is 25.3 Å². The van der Waals surface area contributed by atoms with Gasteiger partial charge in [0.1, 0.15) is 24.6 Å². The van der Waals surface area contributed by atoms with E-state index in [0.29, 0.717) is 17.9 Å². The lowest BCUT2D eigenvalue weighted by molar-refractivity contribution is -0.222. The molecular formula is C30H39NO8. The summed E-state index contributed by atoms with van der Waals surface area (Å²) in [4.78, 5) is 35.5. The molecule has 0 aromatic heterocycles. The van der Waals surface area contributed by atoms with E-state index in [-0.39, 0.29) is 12.5 Å². The first-order valence-corrected chi connectivity index (χ1v) is 13.2. The number of nitrogens with two attached hydrogens (primary N) is 1. The van der Waals surface area contributed by atoms with Gasteiger partial charge in [-0.1, -0.05) is 55.5 Å². The van der Waals surface area contributed by atoms with Gasteiger partial charge in [0, 0.05) is 37.8 Å². The van der Waals surface area contributed by atoms with Crippen molar-refractivity contribution in [1.82, 2.24) is 0 Å². The Hall–Kier alpha value is -3.43. The van der Waals surface area contributed by atoms with Crippen molar-refractivity contribution < 1.29 is 38.1 Å². The molecule has 3 rings (SSSR count). The number of carbonyl (C=O) groups is 3. The molecule has 2 heterocycles. The van der Waals surface area contributed by atoms with Gasteiger partial charge in [-0.25, -0.2) is 0 Å². The maximum absolute atomic E-state index is 12.0. The summed E-state index contributed by atoms with van der Waals surface area (Å²) in [5.74, 6) is -1.06. The van der Waals surface area contributed by atoms with Crippen LogP contribution in [0.2, 0.25) is 0 Å². The highest BCUT2D eigenvalue weighted by molar-refractivity contribution is 5.68. The number of esters is 3. The van der Waals surface area contributed by atoms with Gasteiger partial charge in [0.05, 0.1) is 12.6 Å². The van der Waals surface area contributed by atoms with E-state index in [1.54, 1.807) is 0 Å². The third-order valence-corrected chi connectivity index (χ3v) is 6.96. The van der Waals surface area contributed by atoms with Crippen LogP contribution in [-0.4, -0.2) is 55.5 Å². The number of fused-ring (bicyclic) bond motifs is 1. The molecule has 9 heteroatoms. The molecule has 0 saturated carbocycles. The summed E-state index contributed by atoms with van der Waals surface area (Å²) in [5, 5.41) is 0. The molecule has 0 radical (unpaired) electrons. The molecule has 0 spiro atoms. The summed E-state index contributed by atoms with van der Waals surface area (Å²) in [6, 6.07) is 4.85. The fraction of sp³-hybridized carbons (Fsp3) is 0.500. The Morgan fingerprint density at radius 2 is 1.69 bits per heavy atom. The zero-order chi connectivity index (χ0) is 28.7. The van der Waals surface area contributed by atoms with E-state index in [2.05, 4.69) is 32.6 Å². The Bertz CT molecular complexity index is 1140. The van der Waals surface area contributed by atoms with Crippen molar-refractivity contribution in [2.75, 3.05) is 13.2 Å². The van der Waals surface area contributed by atoms with Crippen LogP contribution in [0, 0.1) is 0 Å². The first-order chi connectivity index (χ1) is 18.6. The van der Waals surface area contributed by atoms with E-state index >= 15 is 0 Å². The van der Waals surface area contributed by atoms with Gasteiger partial charge in [-0.2, -0.15) is 0 Å². The summed E-state index contributed by atoms with van der Waals surface area (Å²) in [7, 11) is 0. The summed E-state index contributed by atoms with van der Waals surface area (Å²) in [6.07, 6.45) is 3.92. The Balaban J connectivity index is 2.06. The molecule has 1 saturated heterocycles. The van der Waals surface area contributed by atoms with Gasteiger partial charge in [0.25, 0.3) is 0 Å². The molecule has 0 amide bonds. The molecule has 2 N–H and O–H groups in total. The van der Waals surface area contributed by atoms with Crippen molar-refractivity contribution in [2.45, 2.75) is 83.8 Å². The lowest BCUT2D eigenvalue weighted by atomic mass is 9.82. The highest BCUT2D eigenvalue weighted by Gasteiger charge is 2.50. The molecule has 1 aromatic carbocycles. The highest BCUT2D eigenvalue weighted by Crippen LogP contribution is 2.45. The van der Waals surface area contributed by atoms with E-state index < -0.39 is 48.4 Å². The molecular weight excluding hydrogens is 502 g/mol. The summed E-state index contributed by atoms with van der Waals surface area (Å²) >= 11 is 0. The predicted molar refractivity (Wildman–Crippen MR) is 145 cm³/mol. The van der Waals surface area contributed by atoms with E-state index in [1.807, 2.05) is 24.3 Å². The van der Waals surface area contributed by atoms with Crippen LogP contribution in [0.4, 0.5) is 0 Å². The van der Waals surface area contributed by atoms with E-state index in [4.69, 9.17) is 29.4 Å². The lowest BCUT2D eigenvalue weighted by Gasteiger charge is -2.44. The Kier molecular flexibility index (Phi) is 10.5. The van der Waals surface area contributed by atoms with Crippen molar-refractivity contribution in [3.05, 3.63) is 65.3 Å². The number of para-hydroxylation sites is 1. The SMILES string of the molecule is C=CC(=CC=C(C)CC)C1CCOc2c1cccc2C1OC(COC(C)=O)C(OC(C)=O)C(OC(C)=O)C1N. The maximum atomic E-state index is 12.0. The minimum Gasteiger partial charge on any atom is -0.493 e. The summed E-state index contributed by atoms with van der Waals surface area (Å²) in [5.41, 5.74) is 10.6. The van der Waals surface area contributed by atoms with Crippen molar-refractivity contribution in [1.29, 1.82) is 0 Å². The molecule has 2 aliphatic heterocycles. The molecule has 1 aromatic rings. The quantitative estimate of drug-likeness (QED) is 0.278. The maximum Gasteiger partial charge on any atom is 0.303 e. The van der Waals surface area contributed by atoms with Crippen LogP contribution >= 0.6 is 0 Å². The average Bonchev–Trinajstić information content (AvgIpc) is 2.89. The van der Waals surface area contributed by atoms with Crippen LogP contribution in [0.25, 0.3) is 0 Å². The number of carbonyl (C=O) groups excluding carboxylic acids is 3. The molecule has 2 aliphatic rings. The van der Waals surface area contributed by atoms with Crippen LogP contribution in [0.15, 0.2) is 54.2 Å². The molecule has 6 unspecified atom stereocenters. The number of allylic oxidation sites excluding steroid dienone is 5. The van der Waals surface area contributed by atoms with Crippen LogP contribution in [0.3, 0.4) is 0 Å². The van der Waals surface area contributed by atoms with Gasteiger partial charge in [-0.15, -0.1) is 0 Å². The molecule has 9 nitrogen and oxygen atoms in total. The van der Waals surface area contributed by atoms with Crippen molar-refractivity contribution >= 4 is 17.9 Å². The largest absolute Gasteiger partial charge is 0.493 e. The smallest absolute Gasteiger partial charge is 0.303 e. The molecule has 6 atom stereocenters. The molecule has 39 heavy (non-hydrogen) atoms. The van der Waals surface area contributed by atoms with Crippen LogP contribution in [0.5, 0.6) is 5.75 Å². The van der Waals surface area contributed by atoms with E-state index in [0.717, 1.165) is 24.0 Å². The standard InChI is InChI=1S/C30H39NO8/c1-7-17(3)12-13-21(8-2)22-14-15-35-27-23(22)10-9-11-24(27)28-26(31)30(38-20(6)34)29(37-19(5)33)25(39-28)16-36-18(4)32/h8-13,22,25-26,28-30H,2,7,14-16,31H2,1,3-6H3. The number of hydrogen-bond acceptors (Lipinski definition) is 9. The average molecular weight is 542 g/mol. The normalized spacial score (nSPS) is 27.0. The van der Waals surface area contributed by atoms with Crippen molar-refractivity contribution in [3.8, 4) is 5.75 Å². The third kappa shape index (κ3) is 7.36. The fourth-order valence-electron chi connectivity index (χ4n) is 4.95. The molecule has 1 fully saturated rings. The third-order valence-electron chi connectivity index (χ3n) is 6.96. The molecule has 0 bridgehead atoms. The topological polar surface area (TPSA) is 123 Å².